The molecule has 0 spiro atoms. The summed E-state index contributed by atoms with van der Waals surface area (Å²) in [5.41, 5.74) is 2.05. The van der Waals surface area contributed by atoms with Crippen molar-refractivity contribution >= 4 is 5.78 Å². The highest BCUT2D eigenvalue weighted by atomic mass is 16.3. The zero-order chi connectivity index (χ0) is 14.8. The maximum Gasteiger partial charge on any atom is 0.160 e. The third-order valence-corrected chi connectivity index (χ3v) is 6.57. The van der Waals surface area contributed by atoms with E-state index in [1.165, 1.54) is 5.56 Å². The molecule has 0 radical (unpaired) electrons. The van der Waals surface area contributed by atoms with Crippen molar-refractivity contribution in [2.24, 2.45) is 17.3 Å². The largest absolute Gasteiger partial charge is 0.504 e. The Labute approximate surface area is 125 Å². The highest BCUT2D eigenvalue weighted by molar-refractivity contribution is 5.87. The van der Waals surface area contributed by atoms with Crippen molar-refractivity contribution < 1.29 is 15.0 Å². The van der Waals surface area contributed by atoms with Crippen LogP contribution in [-0.2, 0) is 11.2 Å². The molecule has 1 aromatic rings. The minimum atomic E-state index is -0.0996. The second-order valence-electron chi connectivity index (χ2n) is 7.33. The lowest BCUT2D eigenvalue weighted by atomic mass is 9.55. The first kappa shape index (κ1) is 13.2. The van der Waals surface area contributed by atoms with E-state index in [1.54, 1.807) is 6.07 Å². The van der Waals surface area contributed by atoms with E-state index in [4.69, 9.17) is 0 Å². The lowest BCUT2D eigenvalue weighted by Crippen LogP contribution is -2.42. The molecule has 21 heavy (non-hydrogen) atoms. The van der Waals surface area contributed by atoms with Gasteiger partial charge in [0.25, 0.3) is 0 Å². The van der Waals surface area contributed by atoms with E-state index in [0.29, 0.717) is 23.5 Å². The van der Waals surface area contributed by atoms with E-state index in [0.717, 1.165) is 44.1 Å². The minimum absolute atomic E-state index is 0.0103. The van der Waals surface area contributed by atoms with E-state index >= 15 is 0 Å². The van der Waals surface area contributed by atoms with Gasteiger partial charge in [-0.1, -0.05) is 13.0 Å². The first-order chi connectivity index (χ1) is 10.0. The van der Waals surface area contributed by atoms with Crippen LogP contribution in [0.3, 0.4) is 0 Å². The number of phenolic OH excluding ortho intramolecular Hbond substituents is 2. The van der Waals surface area contributed by atoms with E-state index < -0.39 is 0 Å². The number of aromatic hydroxyl groups is 2. The maximum atomic E-state index is 12.3. The summed E-state index contributed by atoms with van der Waals surface area (Å²) in [6, 6.07) is 3.60. The number of ketones is 1. The molecular weight excluding hydrogens is 264 g/mol. The average Bonchev–Trinajstić information content (AvgIpc) is 2.78. The van der Waals surface area contributed by atoms with Gasteiger partial charge in [-0.3, -0.25) is 4.79 Å². The van der Waals surface area contributed by atoms with Gasteiger partial charge in [0.1, 0.15) is 5.78 Å². The quantitative estimate of drug-likeness (QED) is 0.717. The topological polar surface area (TPSA) is 57.5 Å². The van der Waals surface area contributed by atoms with Crippen LogP contribution in [0.1, 0.15) is 56.1 Å². The molecule has 3 nitrogen and oxygen atoms in total. The third kappa shape index (κ3) is 1.63. The third-order valence-electron chi connectivity index (χ3n) is 6.57. The Balaban J connectivity index is 1.75. The van der Waals surface area contributed by atoms with Crippen LogP contribution in [0.15, 0.2) is 12.1 Å². The monoisotopic (exact) mass is 286 g/mol. The molecule has 2 fully saturated rings. The summed E-state index contributed by atoms with van der Waals surface area (Å²) in [6.07, 6.45) is 5.63. The molecule has 0 heterocycles. The highest BCUT2D eigenvalue weighted by Crippen LogP contribution is 2.60. The summed E-state index contributed by atoms with van der Waals surface area (Å²) in [5.74, 6) is 2.04. The maximum absolute atomic E-state index is 12.3. The van der Waals surface area contributed by atoms with Gasteiger partial charge < -0.3 is 10.2 Å². The van der Waals surface area contributed by atoms with Crippen LogP contribution >= 0.6 is 0 Å². The van der Waals surface area contributed by atoms with Crippen molar-refractivity contribution in [3.8, 4) is 11.5 Å². The van der Waals surface area contributed by atoms with Crippen LogP contribution in [0.4, 0.5) is 0 Å². The van der Waals surface area contributed by atoms with Gasteiger partial charge in [-0.05, 0) is 61.5 Å². The van der Waals surface area contributed by atoms with Crippen LogP contribution in [0, 0.1) is 17.3 Å². The van der Waals surface area contributed by atoms with Gasteiger partial charge in [0.2, 0.25) is 0 Å². The molecule has 3 heteroatoms. The molecule has 2 saturated carbocycles. The summed E-state index contributed by atoms with van der Waals surface area (Å²) in [5, 5.41) is 19.8. The molecule has 3 aliphatic carbocycles. The summed E-state index contributed by atoms with van der Waals surface area (Å²) in [4.78, 5) is 12.3. The molecule has 4 rings (SSSR count). The number of hydrogen-bond donors (Lipinski definition) is 2. The number of benzene rings is 1. The van der Waals surface area contributed by atoms with Crippen LogP contribution in [0.2, 0.25) is 0 Å². The second-order valence-corrected chi connectivity index (χ2v) is 7.33. The molecule has 4 atom stereocenters. The summed E-state index contributed by atoms with van der Waals surface area (Å²) < 4.78 is 0. The summed E-state index contributed by atoms with van der Waals surface area (Å²) in [7, 11) is 0. The second kappa shape index (κ2) is 4.25. The molecule has 1 aromatic carbocycles. The molecule has 2 N–H and O–H groups in total. The van der Waals surface area contributed by atoms with E-state index in [-0.39, 0.29) is 16.9 Å². The van der Waals surface area contributed by atoms with E-state index in [2.05, 4.69) is 6.92 Å². The molecule has 0 saturated heterocycles. The van der Waals surface area contributed by atoms with Crippen molar-refractivity contribution in [3.05, 3.63) is 23.3 Å². The predicted molar refractivity (Wildman–Crippen MR) is 79.4 cm³/mol. The smallest absolute Gasteiger partial charge is 0.160 e. The average molecular weight is 286 g/mol. The van der Waals surface area contributed by atoms with Crippen LogP contribution in [0.5, 0.6) is 11.5 Å². The van der Waals surface area contributed by atoms with Gasteiger partial charge in [-0.25, -0.2) is 0 Å². The SMILES string of the molecule is C[C@@]12CC[C@H]3c4ccc(O)c(O)c4CC[C@@H]3[C@H]1CCC2=O. The zero-order valence-corrected chi connectivity index (χ0v) is 12.4. The number of carbonyl (C=O) groups excluding carboxylic acids is 1. The lowest BCUT2D eigenvalue weighted by molar-refractivity contribution is -0.129. The fourth-order valence-electron chi connectivity index (χ4n) is 5.41. The summed E-state index contributed by atoms with van der Waals surface area (Å²) in [6.45, 7) is 2.17. The molecule has 0 bridgehead atoms. The van der Waals surface area contributed by atoms with Gasteiger partial charge in [-0.15, -0.1) is 0 Å². The molecule has 0 aliphatic heterocycles. The molecule has 0 unspecified atom stereocenters. The number of phenols is 2. The van der Waals surface area contributed by atoms with Crippen LogP contribution < -0.4 is 0 Å². The number of rotatable bonds is 0. The number of Topliss-reactive ketones (excluding diaryl/α,β-unsaturated/α-hetero) is 1. The molecule has 0 amide bonds. The standard InChI is InChI=1S/C18H22O3/c1-18-9-8-11-10-4-6-15(19)17(21)13(10)3-2-12(11)14(18)5-7-16(18)20/h4,6,11-12,14,19,21H,2-3,5,7-9H2,1H3/t11-,12-,14+,18+/m0/s1. The normalized spacial score (nSPS) is 37.8. The van der Waals surface area contributed by atoms with Crippen molar-refractivity contribution in [1.29, 1.82) is 0 Å². The Morgan fingerprint density at radius 1 is 1.14 bits per heavy atom. The number of hydrogen-bond acceptors (Lipinski definition) is 3. The predicted octanol–water partition coefficient (Wildman–Crippen LogP) is 3.52. The van der Waals surface area contributed by atoms with Gasteiger partial charge in [-0.2, -0.15) is 0 Å². The Bertz CT molecular complexity index is 621. The Morgan fingerprint density at radius 3 is 2.76 bits per heavy atom. The lowest BCUT2D eigenvalue weighted by Gasteiger charge is -2.48. The van der Waals surface area contributed by atoms with Gasteiger partial charge in [0.05, 0.1) is 0 Å². The van der Waals surface area contributed by atoms with Crippen LogP contribution in [0.25, 0.3) is 0 Å². The highest BCUT2D eigenvalue weighted by Gasteiger charge is 2.54. The number of fused-ring (bicyclic) bond motifs is 5. The molecule has 3 aliphatic rings. The van der Waals surface area contributed by atoms with Crippen molar-refractivity contribution in [3.63, 3.8) is 0 Å². The van der Waals surface area contributed by atoms with E-state index in [9.17, 15) is 15.0 Å². The Morgan fingerprint density at radius 2 is 1.95 bits per heavy atom. The fourth-order valence-corrected chi connectivity index (χ4v) is 5.41. The number of carbonyl (C=O) groups is 1. The Hall–Kier alpha value is -1.51. The first-order valence-corrected chi connectivity index (χ1v) is 8.09. The van der Waals surface area contributed by atoms with Gasteiger partial charge >= 0.3 is 0 Å². The van der Waals surface area contributed by atoms with Crippen molar-refractivity contribution in [2.45, 2.75) is 51.4 Å². The Kier molecular flexibility index (Phi) is 2.66. The molecule has 112 valence electrons. The van der Waals surface area contributed by atoms with Gasteiger partial charge in [0, 0.05) is 17.4 Å². The van der Waals surface area contributed by atoms with E-state index in [1.807, 2.05) is 6.07 Å². The summed E-state index contributed by atoms with van der Waals surface area (Å²) >= 11 is 0. The molecular formula is C18H22O3. The zero-order valence-electron chi connectivity index (χ0n) is 12.4. The minimum Gasteiger partial charge on any atom is -0.504 e. The van der Waals surface area contributed by atoms with Crippen molar-refractivity contribution in [2.75, 3.05) is 0 Å². The first-order valence-electron chi connectivity index (χ1n) is 8.09. The van der Waals surface area contributed by atoms with Crippen LogP contribution in [-0.4, -0.2) is 16.0 Å². The fraction of sp³-hybridized carbons (Fsp3) is 0.611. The van der Waals surface area contributed by atoms with Crippen molar-refractivity contribution in [1.82, 2.24) is 0 Å². The molecule has 0 aromatic heterocycles. The van der Waals surface area contributed by atoms with Gasteiger partial charge in [0.15, 0.2) is 11.5 Å².